The van der Waals surface area contributed by atoms with Gasteiger partial charge in [0.2, 0.25) is 0 Å². The largest absolute Gasteiger partial charge is 0.395 e. The molecule has 3 rings (SSSR count). The summed E-state index contributed by atoms with van der Waals surface area (Å²) in [4.78, 5) is 14.6. The summed E-state index contributed by atoms with van der Waals surface area (Å²) in [6.07, 6.45) is 1.89. The summed E-state index contributed by atoms with van der Waals surface area (Å²) in [5.41, 5.74) is 3.57. The van der Waals surface area contributed by atoms with Gasteiger partial charge in [0.25, 0.3) is 0 Å². The molecule has 0 spiro atoms. The number of nitrogens with one attached hydrogen (secondary N) is 1. The zero-order valence-corrected chi connectivity index (χ0v) is 14.0. The van der Waals surface area contributed by atoms with E-state index in [0.29, 0.717) is 6.54 Å². The molecule has 0 radical (unpaired) electrons. The maximum absolute atomic E-state index is 12.8. The van der Waals surface area contributed by atoms with Gasteiger partial charge in [0.1, 0.15) is 0 Å². The van der Waals surface area contributed by atoms with Crippen molar-refractivity contribution in [2.75, 3.05) is 13.2 Å². The molecule has 2 N–H and O–H groups in total. The molecule has 1 aliphatic rings. The molecular weight excluding hydrogens is 300 g/mol. The van der Waals surface area contributed by atoms with Gasteiger partial charge >= 0.3 is 6.03 Å². The number of rotatable bonds is 5. The Hall–Kier alpha value is -2.33. The lowest BCUT2D eigenvalue weighted by Gasteiger charge is -2.30. The maximum atomic E-state index is 12.8. The molecule has 0 fully saturated rings. The van der Waals surface area contributed by atoms with E-state index in [4.69, 9.17) is 0 Å². The van der Waals surface area contributed by atoms with Crippen LogP contribution in [0.4, 0.5) is 4.79 Å². The van der Waals surface area contributed by atoms with E-state index in [1.54, 1.807) is 4.90 Å². The van der Waals surface area contributed by atoms with Crippen molar-refractivity contribution in [3.05, 3.63) is 71.3 Å². The van der Waals surface area contributed by atoms with Crippen LogP contribution < -0.4 is 5.32 Å². The van der Waals surface area contributed by atoms with E-state index in [2.05, 4.69) is 17.4 Å². The Bertz CT molecular complexity index is 687. The summed E-state index contributed by atoms with van der Waals surface area (Å²) in [6, 6.07) is 18.0. The first-order chi connectivity index (χ1) is 11.7. The number of fused-ring (bicyclic) bond motifs is 1. The fourth-order valence-electron chi connectivity index (χ4n) is 3.46. The number of hydrogen-bond donors (Lipinski definition) is 2. The second kappa shape index (κ2) is 7.49. The SMILES string of the molecule is CC(NC(=O)N(CCO)C1CCc2ccccc21)c1ccccc1. The molecule has 2 unspecified atom stereocenters. The van der Waals surface area contributed by atoms with Crippen LogP contribution in [0.15, 0.2) is 54.6 Å². The quantitative estimate of drug-likeness (QED) is 0.885. The molecule has 2 aromatic carbocycles. The molecule has 0 aliphatic heterocycles. The molecule has 2 aromatic rings. The van der Waals surface area contributed by atoms with Crippen LogP contribution in [0.1, 0.15) is 42.1 Å². The van der Waals surface area contributed by atoms with Crippen LogP contribution >= 0.6 is 0 Å². The van der Waals surface area contributed by atoms with E-state index in [1.807, 2.05) is 49.4 Å². The van der Waals surface area contributed by atoms with Crippen molar-refractivity contribution in [2.24, 2.45) is 0 Å². The smallest absolute Gasteiger partial charge is 0.318 e. The van der Waals surface area contributed by atoms with Crippen LogP contribution in [0.25, 0.3) is 0 Å². The van der Waals surface area contributed by atoms with Crippen LogP contribution in [0, 0.1) is 0 Å². The molecule has 0 saturated carbocycles. The normalized spacial score (nSPS) is 17.2. The predicted octanol–water partition coefficient (Wildman–Crippen LogP) is 3.44. The average Bonchev–Trinajstić information content (AvgIpc) is 3.04. The van der Waals surface area contributed by atoms with Gasteiger partial charge in [-0.05, 0) is 36.5 Å². The fraction of sp³-hybridized carbons (Fsp3) is 0.350. The Morgan fingerprint density at radius 1 is 1.21 bits per heavy atom. The van der Waals surface area contributed by atoms with Crippen LogP contribution in [0.3, 0.4) is 0 Å². The highest BCUT2D eigenvalue weighted by Crippen LogP contribution is 2.35. The van der Waals surface area contributed by atoms with Crippen LogP contribution in [-0.4, -0.2) is 29.2 Å². The lowest BCUT2D eigenvalue weighted by Crippen LogP contribution is -2.44. The maximum Gasteiger partial charge on any atom is 0.318 e. The zero-order valence-electron chi connectivity index (χ0n) is 14.0. The number of aryl methyl sites for hydroxylation is 1. The van der Waals surface area contributed by atoms with Crippen molar-refractivity contribution in [1.82, 2.24) is 10.2 Å². The van der Waals surface area contributed by atoms with Crippen LogP contribution in [0.2, 0.25) is 0 Å². The summed E-state index contributed by atoms with van der Waals surface area (Å²) in [6.45, 7) is 2.28. The number of benzene rings is 2. The lowest BCUT2D eigenvalue weighted by molar-refractivity contribution is 0.149. The third-order valence-corrected chi connectivity index (χ3v) is 4.72. The topological polar surface area (TPSA) is 52.6 Å². The minimum Gasteiger partial charge on any atom is -0.395 e. The first-order valence-corrected chi connectivity index (χ1v) is 8.51. The van der Waals surface area contributed by atoms with Crippen molar-refractivity contribution in [3.8, 4) is 0 Å². The van der Waals surface area contributed by atoms with Crippen molar-refractivity contribution < 1.29 is 9.90 Å². The number of aliphatic hydroxyl groups excluding tert-OH is 1. The van der Waals surface area contributed by atoms with Gasteiger partial charge < -0.3 is 15.3 Å². The molecule has 4 heteroatoms. The number of hydrogen-bond acceptors (Lipinski definition) is 2. The predicted molar refractivity (Wildman–Crippen MR) is 94.7 cm³/mol. The van der Waals surface area contributed by atoms with Gasteiger partial charge in [-0.1, -0.05) is 54.6 Å². The Labute approximate surface area is 143 Å². The summed E-state index contributed by atoms with van der Waals surface area (Å²) < 4.78 is 0. The van der Waals surface area contributed by atoms with Crippen molar-refractivity contribution >= 4 is 6.03 Å². The summed E-state index contributed by atoms with van der Waals surface area (Å²) >= 11 is 0. The number of amides is 2. The van der Waals surface area contributed by atoms with Crippen molar-refractivity contribution in [2.45, 2.75) is 31.8 Å². The highest BCUT2D eigenvalue weighted by atomic mass is 16.3. The minimum atomic E-state index is -0.123. The van der Waals surface area contributed by atoms with Gasteiger partial charge in [0.05, 0.1) is 18.7 Å². The molecule has 0 bridgehead atoms. The highest BCUT2D eigenvalue weighted by molar-refractivity contribution is 5.75. The highest BCUT2D eigenvalue weighted by Gasteiger charge is 2.31. The number of urea groups is 1. The Morgan fingerprint density at radius 2 is 1.92 bits per heavy atom. The third kappa shape index (κ3) is 3.44. The fourth-order valence-corrected chi connectivity index (χ4v) is 3.46. The van der Waals surface area contributed by atoms with E-state index < -0.39 is 0 Å². The van der Waals surface area contributed by atoms with E-state index in [0.717, 1.165) is 18.4 Å². The van der Waals surface area contributed by atoms with Gasteiger partial charge in [-0.15, -0.1) is 0 Å². The van der Waals surface area contributed by atoms with Crippen LogP contribution in [-0.2, 0) is 6.42 Å². The van der Waals surface area contributed by atoms with Gasteiger partial charge in [0.15, 0.2) is 0 Å². The van der Waals surface area contributed by atoms with Crippen molar-refractivity contribution in [3.63, 3.8) is 0 Å². The zero-order chi connectivity index (χ0) is 16.9. The Kier molecular flexibility index (Phi) is 5.16. The molecule has 24 heavy (non-hydrogen) atoms. The lowest BCUT2D eigenvalue weighted by atomic mass is 10.1. The third-order valence-electron chi connectivity index (χ3n) is 4.72. The monoisotopic (exact) mass is 324 g/mol. The number of carbonyl (C=O) groups is 1. The van der Waals surface area contributed by atoms with E-state index in [1.165, 1.54) is 11.1 Å². The van der Waals surface area contributed by atoms with Gasteiger partial charge in [0, 0.05) is 6.54 Å². The van der Waals surface area contributed by atoms with Gasteiger partial charge in [-0.2, -0.15) is 0 Å². The number of aliphatic hydroxyl groups is 1. The molecule has 0 saturated heterocycles. The molecule has 2 atom stereocenters. The summed E-state index contributed by atoms with van der Waals surface area (Å²) in [7, 11) is 0. The van der Waals surface area contributed by atoms with Gasteiger partial charge in [-0.25, -0.2) is 4.79 Å². The second-order valence-electron chi connectivity index (χ2n) is 6.25. The molecule has 126 valence electrons. The van der Waals surface area contributed by atoms with E-state index in [-0.39, 0.29) is 24.7 Å². The molecule has 2 amide bonds. The van der Waals surface area contributed by atoms with E-state index >= 15 is 0 Å². The number of carbonyl (C=O) groups excluding carboxylic acids is 1. The molecule has 0 aromatic heterocycles. The summed E-state index contributed by atoms with van der Waals surface area (Å²) in [5, 5.41) is 12.5. The standard InChI is InChI=1S/C20H24N2O2/c1-15(16-7-3-2-4-8-16)21-20(24)22(13-14-23)19-12-11-17-9-5-6-10-18(17)19/h2-10,15,19,23H,11-14H2,1H3,(H,21,24). The van der Waals surface area contributed by atoms with Crippen LogP contribution in [0.5, 0.6) is 0 Å². The first kappa shape index (κ1) is 16.5. The average molecular weight is 324 g/mol. The molecule has 0 heterocycles. The first-order valence-electron chi connectivity index (χ1n) is 8.51. The number of nitrogens with zero attached hydrogens (tertiary/aromatic N) is 1. The molecule has 4 nitrogen and oxygen atoms in total. The molecule has 1 aliphatic carbocycles. The Balaban J connectivity index is 1.75. The van der Waals surface area contributed by atoms with E-state index in [9.17, 15) is 9.90 Å². The molecular formula is C20H24N2O2. The van der Waals surface area contributed by atoms with Crippen molar-refractivity contribution in [1.29, 1.82) is 0 Å². The summed E-state index contributed by atoms with van der Waals surface area (Å²) in [5.74, 6) is 0. The second-order valence-corrected chi connectivity index (χ2v) is 6.25. The minimum absolute atomic E-state index is 0.0359. The Morgan fingerprint density at radius 3 is 2.67 bits per heavy atom. The van der Waals surface area contributed by atoms with Gasteiger partial charge in [-0.3, -0.25) is 0 Å².